The molecule has 1 saturated heterocycles. The summed E-state index contributed by atoms with van der Waals surface area (Å²) in [6.45, 7) is 5.06. The summed E-state index contributed by atoms with van der Waals surface area (Å²) in [6, 6.07) is 0.212. The van der Waals surface area contributed by atoms with Crippen molar-refractivity contribution in [2.45, 2.75) is 19.4 Å². The molecule has 1 unspecified atom stereocenters. The summed E-state index contributed by atoms with van der Waals surface area (Å²) in [4.78, 5) is 17.4. The van der Waals surface area contributed by atoms with Crippen LogP contribution in [0.15, 0.2) is 0 Å². The Hall–Kier alpha value is -1.27. The smallest absolute Gasteiger partial charge is 0.223 e. The van der Waals surface area contributed by atoms with E-state index in [9.17, 15) is 0 Å². The van der Waals surface area contributed by atoms with Crippen LogP contribution < -0.4 is 5.73 Å². The predicted molar refractivity (Wildman–Crippen MR) is 66.5 cm³/mol. The number of piperazine rings is 1. The number of aryl methyl sites for hydroxylation is 1. The molecule has 1 fully saturated rings. The average molecular weight is 236 g/mol. The van der Waals surface area contributed by atoms with Crippen molar-refractivity contribution >= 4 is 5.95 Å². The Morgan fingerprint density at radius 2 is 2.00 bits per heavy atom. The molecular weight excluding hydrogens is 216 g/mol. The molecule has 0 bridgehead atoms. The van der Waals surface area contributed by atoms with Crippen LogP contribution in [0.25, 0.3) is 0 Å². The van der Waals surface area contributed by atoms with Gasteiger partial charge in [0, 0.05) is 26.1 Å². The quantitative estimate of drug-likeness (QED) is 0.775. The SMILES string of the molecule is CCc1nc(N)nc(C2CN(C)CCN2C)n1. The third-order valence-electron chi connectivity index (χ3n) is 3.18. The minimum Gasteiger partial charge on any atom is -0.368 e. The summed E-state index contributed by atoms with van der Waals surface area (Å²) < 4.78 is 0. The molecule has 17 heavy (non-hydrogen) atoms. The Morgan fingerprint density at radius 1 is 1.24 bits per heavy atom. The van der Waals surface area contributed by atoms with Crippen molar-refractivity contribution in [3.05, 3.63) is 11.6 Å². The van der Waals surface area contributed by atoms with Crippen molar-refractivity contribution < 1.29 is 0 Å². The second-order valence-electron chi connectivity index (χ2n) is 4.58. The lowest BCUT2D eigenvalue weighted by Crippen LogP contribution is -2.45. The molecule has 6 nitrogen and oxygen atoms in total. The summed E-state index contributed by atoms with van der Waals surface area (Å²) in [5, 5.41) is 0. The molecule has 1 aliphatic heterocycles. The molecule has 2 heterocycles. The summed E-state index contributed by atoms with van der Waals surface area (Å²) in [5.74, 6) is 1.89. The van der Waals surface area contributed by atoms with Crippen molar-refractivity contribution in [2.75, 3.05) is 39.5 Å². The Bertz CT molecular complexity index is 394. The zero-order valence-electron chi connectivity index (χ0n) is 10.7. The summed E-state index contributed by atoms with van der Waals surface area (Å²) >= 11 is 0. The minimum atomic E-state index is 0.212. The highest BCUT2D eigenvalue weighted by Gasteiger charge is 2.26. The van der Waals surface area contributed by atoms with Crippen molar-refractivity contribution in [3.8, 4) is 0 Å². The van der Waals surface area contributed by atoms with E-state index in [0.29, 0.717) is 5.95 Å². The first-order valence-corrected chi connectivity index (χ1v) is 5.99. The molecule has 0 radical (unpaired) electrons. The van der Waals surface area contributed by atoms with Crippen LogP contribution in [0, 0.1) is 0 Å². The van der Waals surface area contributed by atoms with Crippen molar-refractivity contribution in [3.63, 3.8) is 0 Å². The number of nitrogen functional groups attached to an aromatic ring is 1. The number of nitrogens with two attached hydrogens (primary N) is 1. The fourth-order valence-corrected chi connectivity index (χ4v) is 2.05. The van der Waals surface area contributed by atoms with E-state index in [4.69, 9.17) is 5.73 Å². The third kappa shape index (κ3) is 2.70. The van der Waals surface area contributed by atoms with Gasteiger partial charge in [-0.15, -0.1) is 0 Å². The maximum Gasteiger partial charge on any atom is 0.223 e. The van der Waals surface area contributed by atoms with Gasteiger partial charge >= 0.3 is 0 Å². The summed E-state index contributed by atoms with van der Waals surface area (Å²) in [6.07, 6.45) is 0.784. The molecule has 1 aromatic heterocycles. The largest absolute Gasteiger partial charge is 0.368 e. The van der Waals surface area contributed by atoms with Gasteiger partial charge < -0.3 is 10.6 Å². The van der Waals surface area contributed by atoms with Gasteiger partial charge in [-0.3, -0.25) is 4.90 Å². The monoisotopic (exact) mass is 236 g/mol. The maximum atomic E-state index is 5.73. The van der Waals surface area contributed by atoms with E-state index in [1.165, 1.54) is 0 Å². The topological polar surface area (TPSA) is 71.2 Å². The number of aromatic nitrogens is 3. The first-order chi connectivity index (χ1) is 8.10. The van der Waals surface area contributed by atoms with E-state index in [1.54, 1.807) is 0 Å². The van der Waals surface area contributed by atoms with Gasteiger partial charge in [-0.05, 0) is 14.1 Å². The Kier molecular flexibility index (Phi) is 3.54. The van der Waals surface area contributed by atoms with E-state index < -0.39 is 0 Å². The highest BCUT2D eigenvalue weighted by Crippen LogP contribution is 2.20. The van der Waals surface area contributed by atoms with Crippen molar-refractivity contribution in [1.82, 2.24) is 24.8 Å². The minimum absolute atomic E-state index is 0.212. The molecule has 2 rings (SSSR count). The van der Waals surface area contributed by atoms with Gasteiger partial charge in [-0.2, -0.15) is 9.97 Å². The maximum absolute atomic E-state index is 5.73. The van der Waals surface area contributed by atoms with Crippen LogP contribution in [0.2, 0.25) is 0 Å². The fourth-order valence-electron chi connectivity index (χ4n) is 2.05. The Morgan fingerprint density at radius 3 is 2.71 bits per heavy atom. The number of hydrogen-bond donors (Lipinski definition) is 1. The standard InChI is InChI=1S/C11H20N6/c1-4-9-13-10(15-11(12)14-9)8-7-16(2)5-6-17(8)3/h8H,4-7H2,1-3H3,(H2,12,13,14,15). The first kappa shape index (κ1) is 12.2. The summed E-state index contributed by atoms with van der Waals surface area (Å²) in [5.41, 5.74) is 5.73. The molecule has 6 heteroatoms. The lowest BCUT2D eigenvalue weighted by atomic mass is 10.1. The second-order valence-corrected chi connectivity index (χ2v) is 4.58. The number of anilines is 1. The molecule has 0 aliphatic carbocycles. The lowest BCUT2D eigenvalue weighted by Gasteiger charge is -2.36. The molecule has 0 aromatic carbocycles. The van der Waals surface area contributed by atoms with Crippen LogP contribution >= 0.6 is 0 Å². The van der Waals surface area contributed by atoms with Crippen LogP contribution in [0.4, 0.5) is 5.95 Å². The van der Waals surface area contributed by atoms with Crippen molar-refractivity contribution in [2.24, 2.45) is 0 Å². The highest BCUT2D eigenvalue weighted by molar-refractivity contribution is 5.17. The van der Waals surface area contributed by atoms with E-state index in [0.717, 1.165) is 37.7 Å². The molecule has 0 spiro atoms. The molecule has 1 atom stereocenters. The number of rotatable bonds is 2. The Balaban J connectivity index is 2.28. The molecule has 0 amide bonds. The molecular formula is C11H20N6. The zero-order valence-corrected chi connectivity index (χ0v) is 10.7. The van der Waals surface area contributed by atoms with Gasteiger partial charge in [0.25, 0.3) is 0 Å². The van der Waals surface area contributed by atoms with Gasteiger partial charge in [-0.25, -0.2) is 4.98 Å². The van der Waals surface area contributed by atoms with Gasteiger partial charge in [0.15, 0.2) is 5.82 Å². The van der Waals surface area contributed by atoms with Crippen LogP contribution in [0.1, 0.15) is 24.6 Å². The first-order valence-electron chi connectivity index (χ1n) is 5.99. The molecule has 1 aliphatic rings. The van der Waals surface area contributed by atoms with Crippen LogP contribution in [0.3, 0.4) is 0 Å². The third-order valence-corrected chi connectivity index (χ3v) is 3.18. The fraction of sp³-hybridized carbons (Fsp3) is 0.727. The molecule has 0 saturated carbocycles. The van der Waals surface area contributed by atoms with E-state index in [2.05, 4.69) is 38.8 Å². The van der Waals surface area contributed by atoms with Gasteiger partial charge in [-0.1, -0.05) is 6.92 Å². The van der Waals surface area contributed by atoms with E-state index in [-0.39, 0.29) is 6.04 Å². The molecule has 1 aromatic rings. The normalized spacial score (nSPS) is 22.9. The molecule has 2 N–H and O–H groups in total. The van der Waals surface area contributed by atoms with Gasteiger partial charge in [0.1, 0.15) is 5.82 Å². The number of likely N-dealkylation sites (N-methyl/N-ethyl adjacent to an activating group) is 2. The van der Waals surface area contributed by atoms with Gasteiger partial charge in [0.05, 0.1) is 6.04 Å². The average Bonchev–Trinajstić information content (AvgIpc) is 2.31. The highest BCUT2D eigenvalue weighted by atomic mass is 15.3. The lowest BCUT2D eigenvalue weighted by molar-refractivity contribution is 0.109. The zero-order chi connectivity index (χ0) is 12.4. The number of nitrogens with zero attached hydrogens (tertiary/aromatic N) is 5. The van der Waals surface area contributed by atoms with Crippen LogP contribution in [0.5, 0.6) is 0 Å². The van der Waals surface area contributed by atoms with E-state index in [1.807, 2.05) is 6.92 Å². The van der Waals surface area contributed by atoms with Crippen LogP contribution in [-0.4, -0.2) is 58.5 Å². The van der Waals surface area contributed by atoms with Crippen LogP contribution in [-0.2, 0) is 6.42 Å². The molecule has 94 valence electrons. The van der Waals surface area contributed by atoms with Gasteiger partial charge in [0.2, 0.25) is 5.95 Å². The predicted octanol–water partition coefficient (Wildman–Crippen LogP) is -0.0655. The summed E-state index contributed by atoms with van der Waals surface area (Å²) in [7, 11) is 4.22. The number of hydrogen-bond acceptors (Lipinski definition) is 6. The van der Waals surface area contributed by atoms with Crippen molar-refractivity contribution in [1.29, 1.82) is 0 Å². The second kappa shape index (κ2) is 4.93. The van der Waals surface area contributed by atoms with E-state index >= 15 is 0 Å². The Labute approximate surface area is 102 Å².